The number of carbonyl (C=O) groups excluding carboxylic acids is 3. The van der Waals surface area contributed by atoms with Crippen molar-refractivity contribution in [2.75, 3.05) is 4.90 Å². The van der Waals surface area contributed by atoms with Crippen LogP contribution in [-0.4, -0.2) is 17.7 Å². The summed E-state index contributed by atoms with van der Waals surface area (Å²) in [6.07, 6.45) is 1.20. The minimum Gasteiger partial charge on any atom is -0.366 e. The number of nitrogens with two attached hydrogens (primary N) is 1. The summed E-state index contributed by atoms with van der Waals surface area (Å²) in [6, 6.07) is 6.37. The molecular weight excluding hydrogens is 220 g/mol. The van der Waals surface area contributed by atoms with E-state index in [1.807, 2.05) is 0 Å². The van der Waals surface area contributed by atoms with Gasteiger partial charge in [-0.1, -0.05) is 12.1 Å². The van der Waals surface area contributed by atoms with Crippen molar-refractivity contribution in [3.8, 4) is 0 Å². The number of anilines is 1. The van der Waals surface area contributed by atoms with E-state index in [2.05, 4.69) is 0 Å². The molecule has 1 saturated heterocycles. The molecular formula is C12H12N2O3. The standard InChI is InChI=1S/C12H12N2O3/c13-12(17)8-4-1-2-5-9(8)14-10(15)6-3-7-11(14)16/h1-2,4-5H,3,6-7H2,(H2,13,17). The minimum absolute atomic E-state index is 0.191. The quantitative estimate of drug-likeness (QED) is 0.767. The van der Waals surface area contributed by atoms with Gasteiger partial charge in [-0.25, -0.2) is 4.90 Å². The van der Waals surface area contributed by atoms with Gasteiger partial charge in [-0.3, -0.25) is 14.4 Å². The van der Waals surface area contributed by atoms with Gasteiger partial charge in [-0.15, -0.1) is 0 Å². The molecule has 1 aliphatic heterocycles. The van der Waals surface area contributed by atoms with E-state index in [0.717, 1.165) is 4.90 Å². The number of piperidine rings is 1. The number of imide groups is 1. The molecule has 2 N–H and O–H groups in total. The van der Waals surface area contributed by atoms with Gasteiger partial charge in [0.15, 0.2) is 0 Å². The van der Waals surface area contributed by atoms with Crippen molar-refractivity contribution in [1.82, 2.24) is 0 Å². The van der Waals surface area contributed by atoms with Crippen molar-refractivity contribution in [1.29, 1.82) is 0 Å². The normalized spacial score (nSPS) is 16.1. The summed E-state index contributed by atoms with van der Waals surface area (Å²) in [5, 5.41) is 0. The molecule has 3 amide bonds. The fourth-order valence-corrected chi connectivity index (χ4v) is 1.90. The third kappa shape index (κ3) is 2.04. The van der Waals surface area contributed by atoms with Crippen LogP contribution in [0.15, 0.2) is 24.3 Å². The smallest absolute Gasteiger partial charge is 0.250 e. The van der Waals surface area contributed by atoms with Gasteiger partial charge in [-0.05, 0) is 18.6 Å². The highest BCUT2D eigenvalue weighted by molar-refractivity contribution is 6.19. The number of carbonyl (C=O) groups is 3. The molecule has 0 atom stereocenters. The third-order valence-electron chi connectivity index (χ3n) is 2.69. The zero-order valence-electron chi connectivity index (χ0n) is 9.18. The molecule has 2 rings (SSSR count). The van der Waals surface area contributed by atoms with Crippen LogP contribution in [0.3, 0.4) is 0 Å². The number of benzene rings is 1. The summed E-state index contributed by atoms with van der Waals surface area (Å²) in [4.78, 5) is 35.8. The molecule has 1 fully saturated rings. The van der Waals surface area contributed by atoms with E-state index in [1.165, 1.54) is 6.07 Å². The first-order valence-electron chi connectivity index (χ1n) is 5.36. The van der Waals surface area contributed by atoms with E-state index in [9.17, 15) is 14.4 Å². The maximum atomic E-state index is 11.7. The molecule has 1 aromatic carbocycles. The van der Waals surface area contributed by atoms with Crippen LogP contribution < -0.4 is 10.6 Å². The second kappa shape index (κ2) is 4.37. The molecule has 1 aliphatic rings. The zero-order chi connectivity index (χ0) is 12.4. The van der Waals surface area contributed by atoms with Crippen LogP contribution in [0.5, 0.6) is 0 Å². The fourth-order valence-electron chi connectivity index (χ4n) is 1.90. The predicted octanol–water partition coefficient (Wildman–Crippen LogP) is 0.829. The van der Waals surface area contributed by atoms with Crippen molar-refractivity contribution in [3.63, 3.8) is 0 Å². The van der Waals surface area contributed by atoms with Crippen LogP contribution in [-0.2, 0) is 9.59 Å². The Bertz CT molecular complexity index is 480. The van der Waals surface area contributed by atoms with Gasteiger partial charge in [0.25, 0.3) is 5.91 Å². The average molecular weight is 232 g/mol. The molecule has 88 valence electrons. The Balaban J connectivity index is 2.48. The monoisotopic (exact) mass is 232 g/mol. The number of rotatable bonds is 2. The van der Waals surface area contributed by atoms with Crippen LogP contribution in [0.4, 0.5) is 5.69 Å². The number of para-hydroxylation sites is 1. The maximum Gasteiger partial charge on any atom is 0.250 e. The first kappa shape index (κ1) is 11.3. The second-order valence-corrected chi connectivity index (χ2v) is 3.86. The second-order valence-electron chi connectivity index (χ2n) is 3.86. The minimum atomic E-state index is -0.647. The number of amides is 3. The number of primary amides is 1. The molecule has 0 radical (unpaired) electrons. The van der Waals surface area contributed by atoms with Crippen molar-refractivity contribution in [2.24, 2.45) is 5.73 Å². The van der Waals surface area contributed by atoms with Gasteiger partial charge in [0.2, 0.25) is 11.8 Å². The predicted molar refractivity (Wildman–Crippen MR) is 61.3 cm³/mol. The maximum absolute atomic E-state index is 11.7. The van der Waals surface area contributed by atoms with Crippen molar-refractivity contribution in [2.45, 2.75) is 19.3 Å². The van der Waals surface area contributed by atoms with Crippen LogP contribution in [0.2, 0.25) is 0 Å². The Morgan fingerprint density at radius 1 is 1.12 bits per heavy atom. The lowest BCUT2D eigenvalue weighted by atomic mass is 10.1. The van der Waals surface area contributed by atoms with Crippen LogP contribution in [0.25, 0.3) is 0 Å². The average Bonchev–Trinajstić information content (AvgIpc) is 2.29. The first-order chi connectivity index (χ1) is 8.11. The van der Waals surface area contributed by atoms with E-state index in [4.69, 9.17) is 5.73 Å². The Labute approximate surface area is 98.2 Å². The third-order valence-corrected chi connectivity index (χ3v) is 2.69. The summed E-state index contributed by atoms with van der Waals surface area (Å²) < 4.78 is 0. The zero-order valence-corrected chi connectivity index (χ0v) is 9.18. The molecule has 17 heavy (non-hydrogen) atoms. The van der Waals surface area contributed by atoms with Crippen molar-refractivity contribution < 1.29 is 14.4 Å². The van der Waals surface area contributed by atoms with E-state index in [0.29, 0.717) is 19.3 Å². The van der Waals surface area contributed by atoms with Gasteiger partial charge in [-0.2, -0.15) is 0 Å². The van der Waals surface area contributed by atoms with Gasteiger partial charge < -0.3 is 5.73 Å². The number of hydrogen-bond acceptors (Lipinski definition) is 3. The van der Waals surface area contributed by atoms with Crippen LogP contribution in [0.1, 0.15) is 29.6 Å². The molecule has 0 aromatic heterocycles. The summed E-state index contributed by atoms with van der Waals surface area (Å²) in [5.41, 5.74) is 5.70. The highest BCUT2D eigenvalue weighted by Gasteiger charge is 2.29. The summed E-state index contributed by atoms with van der Waals surface area (Å²) in [5.74, 6) is -1.21. The molecule has 0 saturated carbocycles. The Hall–Kier alpha value is -2.17. The van der Waals surface area contributed by atoms with E-state index < -0.39 is 5.91 Å². The Kier molecular flexibility index (Phi) is 2.91. The Morgan fingerprint density at radius 2 is 1.71 bits per heavy atom. The van der Waals surface area contributed by atoms with Crippen molar-refractivity contribution >= 4 is 23.4 Å². The molecule has 0 unspecified atom stereocenters. The number of hydrogen-bond donors (Lipinski definition) is 1. The lowest BCUT2D eigenvalue weighted by molar-refractivity contribution is -0.129. The topological polar surface area (TPSA) is 80.5 Å². The number of nitrogens with zero attached hydrogens (tertiary/aromatic N) is 1. The van der Waals surface area contributed by atoms with Gasteiger partial charge >= 0.3 is 0 Å². The lowest BCUT2D eigenvalue weighted by Gasteiger charge is -2.26. The Morgan fingerprint density at radius 3 is 2.29 bits per heavy atom. The summed E-state index contributed by atoms with van der Waals surface area (Å²) in [6.45, 7) is 0. The SMILES string of the molecule is NC(=O)c1ccccc1N1C(=O)CCCC1=O. The molecule has 0 spiro atoms. The van der Waals surface area contributed by atoms with Crippen molar-refractivity contribution in [3.05, 3.63) is 29.8 Å². The molecule has 0 bridgehead atoms. The first-order valence-corrected chi connectivity index (χ1v) is 5.36. The highest BCUT2D eigenvalue weighted by atomic mass is 16.2. The molecule has 1 aromatic rings. The van der Waals surface area contributed by atoms with E-state index in [1.54, 1.807) is 18.2 Å². The highest BCUT2D eigenvalue weighted by Crippen LogP contribution is 2.25. The lowest BCUT2D eigenvalue weighted by Crippen LogP contribution is -2.41. The van der Waals surface area contributed by atoms with E-state index >= 15 is 0 Å². The van der Waals surface area contributed by atoms with Crippen LogP contribution >= 0.6 is 0 Å². The molecule has 0 aliphatic carbocycles. The van der Waals surface area contributed by atoms with Gasteiger partial charge in [0.1, 0.15) is 0 Å². The van der Waals surface area contributed by atoms with Gasteiger partial charge in [0, 0.05) is 12.8 Å². The molecule has 5 nitrogen and oxygen atoms in total. The largest absolute Gasteiger partial charge is 0.366 e. The van der Waals surface area contributed by atoms with Crippen LogP contribution in [0, 0.1) is 0 Å². The molecule has 5 heteroatoms. The molecule has 1 heterocycles. The van der Waals surface area contributed by atoms with Gasteiger partial charge in [0.05, 0.1) is 11.3 Å². The fraction of sp³-hybridized carbons (Fsp3) is 0.250. The summed E-state index contributed by atoms with van der Waals surface area (Å²) in [7, 11) is 0. The van der Waals surface area contributed by atoms with E-state index in [-0.39, 0.29) is 23.1 Å². The summed E-state index contributed by atoms with van der Waals surface area (Å²) >= 11 is 0.